The van der Waals surface area contributed by atoms with Gasteiger partial charge in [-0.3, -0.25) is 9.78 Å². The molecule has 0 spiro atoms. The molecule has 1 aromatic heterocycles. The van der Waals surface area contributed by atoms with Crippen LogP contribution in [-0.4, -0.2) is 29.6 Å². The van der Waals surface area contributed by atoms with Crippen LogP contribution in [0, 0.1) is 0 Å². The smallest absolute Gasteiger partial charge is 0.258 e. The number of nitrogens with zero attached hydrogens (tertiary/aromatic N) is 1. The molecule has 7 heteroatoms. The van der Waals surface area contributed by atoms with Gasteiger partial charge in [-0.2, -0.15) is 0 Å². The summed E-state index contributed by atoms with van der Waals surface area (Å²) in [6.07, 6.45) is 3.57. The Morgan fingerprint density at radius 3 is 2.32 bits per heavy atom. The monoisotopic (exact) mass is 407 g/mol. The summed E-state index contributed by atoms with van der Waals surface area (Å²) in [5.41, 5.74) is 1.98. The molecule has 0 unspecified atom stereocenters. The predicted molar refractivity (Wildman–Crippen MR) is 113 cm³/mol. The van der Waals surface area contributed by atoms with Gasteiger partial charge in [0.2, 0.25) is 0 Å². The first-order chi connectivity index (χ1) is 12.9. The lowest BCUT2D eigenvalue weighted by Gasteiger charge is -2.21. The van der Waals surface area contributed by atoms with Crippen LogP contribution >= 0.6 is 12.4 Å². The maximum Gasteiger partial charge on any atom is 0.258 e. The van der Waals surface area contributed by atoms with Gasteiger partial charge in [0.15, 0.2) is 18.1 Å². The lowest BCUT2D eigenvalue weighted by atomic mass is 10.1. The second-order valence-corrected chi connectivity index (χ2v) is 7.26. The van der Waals surface area contributed by atoms with E-state index in [4.69, 9.17) is 9.47 Å². The molecule has 2 aromatic rings. The molecule has 2 N–H and O–H groups in total. The molecule has 0 bridgehead atoms. The first-order valence-electron chi connectivity index (χ1n) is 9.16. The third kappa shape index (κ3) is 8.59. The Kier molecular flexibility index (Phi) is 9.76. The number of carbonyl (C=O) groups is 1. The summed E-state index contributed by atoms with van der Waals surface area (Å²) in [6.45, 7) is 9.67. The molecule has 28 heavy (non-hydrogen) atoms. The molecular weight excluding hydrogens is 378 g/mol. The molecule has 1 amide bonds. The van der Waals surface area contributed by atoms with Crippen molar-refractivity contribution in [3.63, 3.8) is 0 Å². The SMILES string of the molecule is CCOc1cc(CNCc2ccncc2)ccc1OCC(=O)NC(C)(C)C.Cl. The van der Waals surface area contributed by atoms with Crippen LogP contribution in [0.25, 0.3) is 0 Å². The van der Waals surface area contributed by atoms with Crippen molar-refractivity contribution in [3.05, 3.63) is 53.9 Å². The minimum atomic E-state index is -0.284. The van der Waals surface area contributed by atoms with Gasteiger partial charge in [0.05, 0.1) is 6.61 Å². The van der Waals surface area contributed by atoms with Crippen molar-refractivity contribution in [1.82, 2.24) is 15.6 Å². The number of hydrogen-bond donors (Lipinski definition) is 2. The van der Waals surface area contributed by atoms with Crippen LogP contribution in [0.5, 0.6) is 11.5 Å². The fraction of sp³-hybridized carbons (Fsp3) is 0.429. The summed E-state index contributed by atoms with van der Waals surface area (Å²) in [6, 6.07) is 9.73. The van der Waals surface area contributed by atoms with Gasteiger partial charge in [-0.05, 0) is 63.1 Å². The van der Waals surface area contributed by atoms with Crippen molar-refractivity contribution < 1.29 is 14.3 Å². The Morgan fingerprint density at radius 1 is 1.00 bits per heavy atom. The van der Waals surface area contributed by atoms with E-state index < -0.39 is 0 Å². The van der Waals surface area contributed by atoms with E-state index in [1.165, 1.54) is 5.56 Å². The van der Waals surface area contributed by atoms with Crippen LogP contribution in [0.3, 0.4) is 0 Å². The number of aromatic nitrogens is 1. The Balaban J connectivity index is 0.00000392. The van der Waals surface area contributed by atoms with E-state index in [2.05, 4.69) is 15.6 Å². The third-order valence-electron chi connectivity index (χ3n) is 3.59. The Bertz CT molecular complexity index is 733. The molecule has 0 saturated heterocycles. The number of nitrogens with one attached hydrogen (secondary N) is 2. The molecule has 1 heterocycles. The summed E-state index contributed by atoms with van der Waals surface area (Å²) >= 11 is 0. The average Bonchev–Trinajstić information content (AvgIpc) is 2.61. The number of halogens is 1. The highest BCUT2D eigenvalue weighted by atomic mass is 35.5. The van der Waals surface area contributed by atoms with Gasteiger partial charge >= 0.3 is 0 Å². The zero-order valence-electron chi connectivity index (χ0n) is 17.0. The van der Waals surface area contributed by atoms with E-state index in [9.17, 15) is 4.79 Å². The topological polar surface area (TPSA) is 72.5 Å². The number of benzene rings is 1. The van der Waals surface area contributed by atoms with Gasteiger partial charge < -0.3 is 20.1 Å². The number of amides is 1. The number of rotatable bonds is 9. The summed E-state index contributed by atoms with van der Waals surface area (Å²) < 4.78 is 11.3. The summed E-state index contributed by atoms with van der Waals surface area (Å²) in [4.78, 5) is 16.0. The lowest BCUT2D eigenvalue weighted by molar-refractivity contribution is -0.124. The molecular formula is C21H30ClN3O3. The van der Waals surface area contributed by atoms with Crippen molar-refractivity contribution in [1.29, 1.82) is 0 Å². The molecule has 0 fully saturated rings. The maximum atomic E-state index is 12.0. The highest BCUT2D eigenvalue weighted by molar-refractivity contribution is 5.85. The van der Waals surface area contributed by atoms with Gasteiger partial charge in [-0.15, -0.1) is 12.4 Å². The van der Waals surface area contributed by atoms with Crippen molar-refractivity contribution >= 4 is 18.3 Å². The van der Waals surface area contributed by atoms with E-state index in [-0.39, 0.29) is 30.5 Å². The van der Waals surface area contributed by atoms with Crippen LogP contribution < -0.4 is 20.1 Å². The normalized spacial score (nSPS) is 10.7. The number of ether oxygens (including phenoxy) is 2. The first-order valence-corrected chi connectivity index (χ1v) is 9.16. The maximum absolute atomic E-state index is 12.0. The van der Waals surface area contributed by atoms with Crippen LogP contribution in [0.15, 0.2) is 42.7 Å². The Labute approximate surface area is 173 Å². The molecule has 1 aromatic carbocycles. The van der Waals surface area contributed by atoms with E-state index in [1.807, 2.05) is 58.0 Å². The molecule has 0 aliphatic carbocycles. The van der Waals surface area contributed by atoms with Gasteiger partial charge in [0.25, 0.3) is 5.91 Å². The lowest BCUT2D eigenvalue weighted by Crippen LogP contribution is -2.43. The van der Waals surface area contributed by atoms with E-state index in [0.29, 0.717) is 24.7 Å². The molecule has 0 aliphatic heterocycles. The standard InChI is InChI=1S/C21H29N3O3.ClH/c1-5-26-19-12-17(14-23-13-16-8-10-22-11-9-16)6-7-18(19)27-15-20(25)24-21(2,3)4;/h6-12,23H,5,13-15H2,1-4H3,(H,24,25);1H. The highest BCUT2D eigenvalue weighted by Crippen LogP contribution is 2.28. The van der Waals surface area contributed by atoms with Gasteiger partial charge in [-0.1, -0.05) is 6.07 Å². The molecule has 0 radical (unpaired) electrons. The van der Waals surface area contributed by atoms with Crippen LogP contribution in [0.4, 0.5) is 0 Å². The van der Waals surface area contributed by atoms with Crippen molar-refractivity contribution in [2.24, 2.45) is 0 Å². The van der Waals surface area contributed by atoms with Gasteiger partial charge in [0.1, 0.15) is 0 Å². The van der Waals surface area contributed by atoms with E-state index >= 15 is 0 Å². The molecule has 0 atom stereocenters. The first kappa shape index (κ1) is 23.7. The third-order valence-corrected chi connectivity index (χ3v) is 3.59. The largest absolute Gasteiger partial charge is 0.490 e. The minimum Gasteiger partial charge on any atom is -0.490 e. The van der Waals surface area contributed by atoms with Crippen molar-refractivity contribution in [2.75, 3.05) is 13.2 Å². The molecule has 6 nitrogen and oxygen atoms in total. The number of pyridine rings is 1. The van der Waals surface area contributed by atoms with Crippen LogP contribution in [0.2, 0.25) is 0 Å². The van der Waals surface area contributed by atoms with E-state index in [0.717, 1.165) is 12.1 Å². The zero-order valence-corrected chi connectivity index (χ0v) is 17.8. The molecule has 0 saturated carbocycles. The number of hydrogen-bond acceptors (Lipinski definition) is 5. The summed E-state index contributed by atoms with van der Waals surface area (Å²) in [5.74, 6) is 1.05. The minimum absolute atomic E-state index is 0. The van der Waals surface area contributed by atoms with Gasteiger partial charge in [-0.25, -0.2) is 0 Å². The Morgan fingerprint density at radius 2 is 1.68 bits per heavy atom. The van der Waals surface area contributed by atoms with Crippen LogP contribution in [-0.2, 0) is 17.9 Å². The van der Waals surface area contributed by atoms with Crippen LogP contribution in [0.1, 0.15) is 38.8 Å². The average molecular weight is 408 g/mol. The van der Waals surface area contributed by atoms with Crippen molar-refractivity contribution in [3.8, 4) is 11.5 Å². The van der Waals surface area contributed by atoms with Crippen molar-refractivity contribution in [2.45, 2.75) is 46.3 Å². The number of carbonyl (C=O) groups excluding carboxylic acids is 1. The van der Waals surface area contributed by atoms with E-state index in [1.54, 1.807) is 12.4 Å². The molecule has 0 aliphatic rings. The molecule has 2 rings (SSSR count). The summed E-state index contributed by atoms with van der Waals surface area (Å²) in [7, 11) is 0. The predicted octanol–water partition coefficient (Wildman–Crippen LogP) is 3.49. The second-order valence-electron chi connectivity index (χ2n) is 7.26. The quantitative estimate of drug-likeness (QED) is 0.665. The summed E-state index contributed by atoms with van der Waals surface area (Å²) in [5, 5.41) is 6.27. The Hall–Kier alpha value is -2.31. The molecule has 154 valence electrons. The fourth-order valence-corrected chi connectivity index (χ4v) is 2.50. The zero-order chi connectivity index (χ0) is 19.7. The fourth-order valence-electron chi connectivity index (χ4n) is 2.50. The highest BCUT2D eigenvalue weighted by Gasteiger charge is 2.15. The second kappa shape index (κ2) is 11.5. The van der Waals surface area contributed by atoms with Gasteiger partial charge in [0, 0.05) is 31.0 Å².